The van der Waals surface area contributed by atoms with Crippen molar-refractivity contribution in [2.45, 2.75) is 25.6 Å². The first-order valence-corrected chi connectivity index (χ1v) is 5.24. The molecule has 17 heavy (non-hydrogen) atoms. The minimum atomic E-state index is -1.32. The molecule has 0 fully saturated rings. The third-order valence-electron chi connectivity index (χ3n) is 2.50. The highest BCUT2D eigenvalue weighted by molar-refractivity contribution is 5.95. The Balaban J connectivity index is 3.08. The molecule has 0 bridgehead atoms. The minimum absolute atomic E-state index is 0.0180. The number of Topliss-reactive ketones (excluding diaryl/α,β-unsaturated/α-hetero) is 1. The molecular formula is C12H15FO4. The van der Waals surface area contributed by atoms with Gasteiger partial charge in [0.2, 0.25) is 0 Å². The van der Waals surface area contributed by atoms with Gasteiger partial charge >= 0.3 is 0 Å². The lowest BCUT2D eigenvalue weighted by molar-refractivity contribution is 0.00383. The van der Waals surface area contributed by atoms with E-state index in [1.807, 2.05) is 0 Å². The first kappa shape index (κ1) is 13.8. The second-order valence-corrected chi connectivity index (χ2v) is 3.81. The minimum Gasteiger partial charge on any atom is -0.396 e. The number of aliphatic hydroxyl groups excluding tert-OH is 3. The lowest BCUT2D eigenvalue weighted by Gasteiger charge is -2.19. The van der Waals surface area contributed by atoms with Crippen LogP contribution >= 0.6 is 0 Å². The lowest BCUT2D eigenvalue weighted by atomic mass is 9.95. The summed E-state index contributed by atoms with van der Waals surface area (Å²) in [7, 11) is 0. The topological polar surface area (TPSA) is 77.8 Å². The largest absolute Gasteiger partial charge is 0.396 e. The summed E-state index contributed by atoms with van der Waals surface area (Å²) in [5, 5.41) is 28.0. The maximum atomic E-state index is 13.0. The van der Waals surface area contributed by atoms with Crippen LogP contribution in [0, 0.1) is 5.82 Å². The number of carbonyl (C=O) groups is 1. The van der Waals surface area contributed by atoms with Gasteiger partial charge in [0.1, 0.15) is 11.9 Å². The van der Waals surface area contributed by atoms with Gasteiger partial charge in [0, 0.05) is 12.2 Å². The molecule has 0 saturated carbocycles. The fourth-order valence-corrected chi connectivity index (χ4v) is 1.59. The maximum absolute atomic E-state index is 13.0. The van der Waals surface area contributed by atoms with E-state index in [-0.39, 0.29) is 24.2 Å². The van der Waals surface area contributed by atoms with Gasteiger partial charge in [-0.15, -0.1) is 0 Å². The van der Waals surface area contributed by atoms with Crippen LogP contribution in [-0.4, -0.2) is 33.8 Å². The fourth-order valence-electron chi connectivity index (χ4n) is 1.59. The van der Waals surface area contributed by atoms with E-state index < -0.39 is 23.8 Å². The number of halogens is 1. The maximum Gasteiger partial charge on any atom is 0.160 e. The summed E-state index contributed by atoms with van der Waals surface area (Å²) in [6.45, 7) is 0.970. The number of benzene rings is 1. The van der Waals surface area contributed by atoms with Crippen molar-refractivity contribution in [2.75, 3.05) is 6.61 Å². The van der Waals surface area contributed by atoms with Gasteiger partial charge in [0.25, 0.3) is 0 Å². The van der Waals surface area contributed by atoms with Crippen LogP contribution < -0.4 is 0 Å². The summed E-state index contributed by atoms with van der Waals surface area (Å²) in [5.74, 6) is -0.974. The molecular weight excluding hydrogens is 227 g/mol. The highest BCUT2D eigenvalue weighted by atomic mass is 19.1. The number of aliphatic hydroxyl groups is 3. The SMILES string of the molecule is CC(=O)c1cc(F)ccc1C(O)C(O)CCO. The summed E-state index contributed by atoms with van der Waals surface area (Å²) in [4.78, 5) is 11.3. The second kappa shape index (κ2) is 5.86. The number of hydrogen-bond donors (Lipinski definition) is 3. The number of rotatable bonds is 5. The van der Waals surface area contributed by atoms with Gasteiger partial charge in [-0.2, -0.15) is 0 Å². The Morgan fingerprint density at radius 3 is 2.59 bits per heavy atom. The zero-order valence-electron chi connectivity index (χ0n) is 9.43. The fraction of sp³-hybridized carbons (Fsp3) is 0.417. The Hall–Kier alpha value is -1.30. The van der Waals surface area contributed by atoms with Crippen LogP contribution in [0.25, 0.3) is 0 Å². The molecule has 2 atom stereocenters. The molecule has 3 N–H and O–H groups in total. The summed E-state index contributed by atoms with van der Waals surface area (Å²) >= 11 is 0. The molecule has 5 heteroatoms. The average molecular weight is 242 g/mol. The van der Waals surface area contributed by atoms with E-state index in [4.69, 9.17) is 5.11 Å². The molecule has 1 aromatic rings. The highest BCUT2D eigenvalue weighted by Crippen LogP contribution is 2.24. The Kier molecular flexibility index (Phi) is 4.74. The van der Waals surface area contributed by atoms with Gasteiger partial charge in [-0.05, 0) is 31.0 Å². The predicted molar refractivity (Wildman–Crippen MR) is 59.1 cm³/mol. The first-order valence-electron chi connectivity index (χ1n) is 5.24. The second-order valence-electron chi connectivity index (χ2n) is 3.81. The Morgan fingerprint density at radius 1 is 1.41 bits per heavy atom. The predicted octanol–water partition coefficient (Wildman–Crippen LogP) is 0.805. The quantitative estimate of drug-likeness (QED) is 0.667. The van der Waals surface area contributed by atoms with Crippen molar-refractivity contribution in [2.24, 2.45) is 0 Å². The molecule has 2 unspecified atom stereocenters. The van der Waals surface area contributed by atoms with Gasteiger partial charge in [-0.25, -0.2) is 4.39 Å². The van der Waals surface area contributed by atoms with Crippen molar-refractivity contribution < 1.29 is 24.5 Å². The van der Waals surface area contributed by atoms with Crippen molar-refractivity contribution in [1.82, 2.24) is 0 Å². The van der Waals surface area contributed by atoms with E-state index in [9.17, 15) is 19.4 Å². The van der Waals surface area contributed by atoms with Gasteiger partial charge < -0.3 is 15.3 Å². The van der Waals surface area contributed by atoms with E-state index in [1.165, 1.54) is 13.0 Å². The number of hydrogen-bond acceptors (Lipinski definition) is 4. The van der Waals surface area contributed by atoms with E-state index in [2.05, 4.69) is 0 Å². The van der Waals surface area contributed by atoms with Crippen molar-refractivity contribution in [1.29, 1.82) is 0 Å². The van der Waals surface area contributed by atoms with Gasteiger partial charge in [-0.3, -0.25) is 4.79 Å². The Bertz CT molecular complexity index is 405. The number of carbonyl (C=O) groups excluding carboxylic acids is 1. The molecule has 0 heterocycles. The van der Waals surface area contributed by atoms with Gasteiger partial charge in [-0.1, -0.05) is 6.07 Å². The zero-order chi connectivity index (χ0) is 13.0. The molecule has 0 amide bonds. The van der Waals surface area contributed by atoms with E-state index in [1.54, 1.807) is 0 Å². The standard InChI is InChI=1S/C12H15FO4/c1-7(15)10-6-8(13)2-3-9(10)12(17)11(16)4-5-14/h2-3,6,11-12,14,16-17H,4-5H2,1H3. The first-order chi connectivity index (χ1) is 7.97. The van der Waals surface area contributed by atoms with Crippen LogP contribution in [0.15, 0.2) is 18.2 Å². The number of ketones is 1. The van der Waals surface area contributed by atoms with Crippen LogP contribution in [0.3, 0.4) is 0 Å². The molecule has 1 aromatic carbocycles. The van der Waals surface area contributed by atoms with Crippen molar-refractivity contribution in [3.05, 3.63) is 35.1 Å². The zero-order valence-corrected chi connectivity index (χ0v) is 9.43. The summed E-state index contributed by atoms with van der Waals surface area (Å²) in [5.41, 5.74) is 0.203. The normalized spacial score (nSPS) is 14.4. The van der Waals surface area contributed by atoms with E-state index in [0.29, 0.717) is 0 Å². The average Bonchev–Trinajstić information content (AvgIpc) is 2.28. The van der Waals surface area contributed by atoms with Gasteiger partial charge in [0.05, 0.1) is 6.10 Å². The van der Waals surface area contributed by atoms with Crippen LogP contribution in [-0.2, 0) is 0 Å². The molecule has 4 nitrogen and oxygen atoms in total. The van der Waals surface area contributed by atoms with E-state index >= 15 is 0 Å². The molecule has 0 saturated heterocycles. The van der Waals surface area contributed by atoms with Crippen LogP contribution in [0.2, 0.25) is 0 Å². The molecule has 94 valence electrons. The molecule has 0 aliphatic rings. The van der Waals surface area contributed by atoms with Crippen LogP contribution in [0.4, 0.5) is 4.39 Å². The molecule has 0 spiro atoms. The Morgan fingerprint density at radius 2 is 2.06 bits per heavy atom. The van der Waals surface area contributed by atoms with Crippen molar-refractivity contribution in [3.63, 3.8) is 0 Å². The smallest absolute Gasteiger partial charge is 0.160 e. The highest BCUT2D eigenvalue weighted by Gasteiger charge is 2.22. The molecule has 0 aliphatic heterocycles. The lowest BCUT2D eigenvalue weighted by Crippen LogP contribution is -2.21. The van der Waals surface area contributed by atoms with Gasteiger partial charge in [0.15, 0.2) is 5.78 Å². The van der Waals surface area contributed by atoms with Crippen molar-refractivity contribution in [3.8, 4) is 0 Å². The third-order valence-corrected chi connectivity index (χ3v) is 2.50. The molecule has 0 aromatic heterocycles. The third kappa shape index (κ3) is 3.33. The van der Waals surface area contributed by atoms with Crippen LogP contribution in [0.5, 0.6) is 0 Å². The molecule has 1 rings (SSSR count). The Labute approximate surface area is 98.3 Å². The summed E-state index contributed by atoms with van der Waals surface area (Å²) < 4.78 is 13.0. The molecule has 0 radical (unpaired) electrons. The summed E-state index contributed by atoms with van der Waals surface area (Å²) in [6.07, 6.45) is -2.53. The van der Waals surface area contributed by atoms with E-state index in [0.717, 1.165) is 12.1 Å². The molecule has 0 aliphatic carbocycles. The monoisotopic (exact) mass is 242 g/mol. The summed E-state index contributed by atoms with van der Waals surface area (Å²) in [6, 6.07) is 3.39. The van der Waals surface area contributed by atoms with Crippen LogP contribution in [0.1, 0.15) is 35.4 Å². The van der Waals surface area contributed by atoms with Crippen molar-refractivity contribution >= 4 is 5.78 Å².